The number of aryl methyl sites for hydroxylation is 4. The minimum atomic E-state index is -4.58. The maximum absolute atomic E-state index is 13.8. The van der Waals surface area contributed by atoms with Gasteiger partial charge in [-0.25, -0.2) is 4.98 Å². The molecule has 0 aliphatic carbocycles. The van der Waals surface area contributed by atoms with Crippen molar-refractivity contribution in [3.63, 3.8) is 0 Å². The Morgan fingerprint density at radius 2 is 1.73 bits per heavy atom. The van der Waals surface area contributed by atoms with Crippen molar-refractivity contribution in [3.05, 3.63) is 79.9 Å². The molecule has 2 aromatic carbocycles. The van der Waals surface area contributed by atoms with Crippen molar-refractivity contribution < 1.29 is 22.8 Å². The van der Waals surface area contributed by atoms with Crippen LogP contribution in [0.1, 0.15) is 27.1 Å². The number of piperazine rings is 1. The zero-order valence-corrected chi connectivity index (χ0v) is 26.4. The van der Waals surface area contributed by atoms with Crippen molar-refractivity contribution in [2.24, 2.45) is 0 Å². The molecule has 1 aliphatic rings. The van der Waals surface area contributed by atoms with Gasteiger partial charge >= 0.3 is 6.18 Å². The molecule has 1 fully saturated rings. The van der Waals surface area contributed by atoms with Crippen LogP contribution >= 0.6 is 23.1 Å². The number of aromatic nitrogens is 2. The van der Waals surface area contributed by atoms with Crippen LogP contribution in [0, 0.1) is 27.7 Å². The second-order valence-electron chi connectivity index (χ2n) is 10.8. The molecule has 2 aromatic heterocycles. The average Bonchev–Trinajstić information content (AvgIpc) is 3.25. The van der Waals surface area contributed by atoms with Gasteiger partial charge in [-0.2, -0.15) is 13.2 Å². The summed E-state index contributed by atoms with van der Waals surface area (Å²) in [7, 11) is 0. The van der Waals surface area contributed by atoms with E-state index in [4.69, 9.17) is 4.98 Å². The Balaban J connectivity index is 1.24. The van der Waals surface area contributed by atoms with E-state index in [1.54, 1.807) is 14.4 Å². The van der Waals surface area contributed by atoms with E-state index >= 15 is 0 Å². The number of fused-ring (bicyclic) bond motifs is 1. The zero-order chi connectivity index (χ0) is 31.8. The fraction of sp³-hybridized carbons (Fsp3) is 0.355. The number of rotatable bonds is 7. The van der Waals surface area contributed by atoms with Crippen LogP contribution in [0.4, 0.5) is 18.9 Å². The minimum Gasteiger partial charge on any atom is -0.339 e. The Bertz CT molecular complexity index is 1790. The van der Waals surface area contributed by atoms with Gasteiger partial charge in [-0.15, -0.1) is 11.3 Å². The quantitative estimate of drug-likeness (QED) is 0.209. The molecule has 4 aromatic rings. The molecule has 13 heteroatoms. The lowest BCUT2D eigenvalue weighted by Gasteiger charge is -2.34. The Kier molecular flexibility index (Phi) is 9.19. The number of nitrogens with zero attached hydrogens (tertiary/aromatic N) is 4. The summed E-state index contributed by atoms with van der Waals surface area (Å²) < 4.78 is 41.4. The summed E-state index contributed by atoms with van der Waals surface area (Å²) in [4.78, 5) is 49.5. The van der Waals surface area contributed by atoms with Crippen molar-refractivity contribution in [2.75, 3.05) is 43.8 Å². The van der Waals surface area contributed by atoms with E-state index in [2.05, 4.69) is 5.32 Å². The molecule has 0 radical (unpaired) electrons. The van der Waals surface area contributed by atoms with Crippen molar-refractivity contribution in [1.82, 2.24) is 19.4 Å². The number of alkyl halides is 3. The van der Waals surface area contributed by atoms with Crippen molar-refractivity contribution >= 4 is 50.8 Å². The highest BCUT2D eigenvalue weighted by molar-refractivity contribution is 7.99. The normalized spacial score (nSPS) is 14.3. The van der Waals surface area contributed by atoms with Gasteiger partial charge in [0.05, 0.1) is 34.6 Å². The molecule has 1 aliphatic heterocycles. The van der Waals surface area contributed by atoms with E-state index in [1.807, 2.05) is 45.9 Å². The van der Waals surface area contributed by atoms with Gasteiger partial charge in [-0.3, -0.25) is 23.9 Å². The van der Waals surface area contributed by atoms with E-state index in [9.17, 15) is 27.6 Å². The number of thiophene rings is 1. The fourth-order valence-corrected chi connectivity index (χ4v) is 7.22. The lowest BCUT2D eigenvalue weighted by Crippen LogP contribution is -2.51. The van der Waals surface area contributed by atoms with Crippen LogP contribution in [-0.2, 0) is 15.8 Å². The van der Waals surface area contributed by atoms with Gasteiger partial charge in [0.2, 0.25) is 11.8 Å². The summed E-state index contributed by atoms with van der Waals surface area (Å²) >= 11 is 2.67. The molecule has 0 saturated carbocycles. The van der Waals surface area contributed by atoms with E-state index in [-0.39, 0.29) is 29.5 Å². The van der Waals surface area contributed by atoms with Crippen LogP contribution in [0.25, 0.3) is 15.9 Å². The SMILES string of the molecule is Cc1ccc(-n2c(SCC(=O)N3CCN(CC(=O)Nc4ccccc4C(F)(F)F)CC3)nc3sc(C)c(C)c3c2=O)c(C)c1. The molecule has 44 heavy (non-hydrogen) atoms. The predicted molar refractivity (Wildman–Crippen MR) is 168 cm³/mol. The molecule has 2 amide bonds. The van der Waals surface area contributed by atoms with Gasteiger partial charge in [0.15, 0.2) is 5.16 Å². The Hall–Kier alpha value is -3.68. The molecule has 5 rings (SSSR count). The smallest absolute Gasteiger partial charge is 0.339 e. The summed E-state index contributed by atoms with van der Waals surface area (Å²) in [5, 5.41) is 3.40. The lowest BCUT2D eigenvalue weighted by atomic mass is 10.1. The van der Waals surface area contributed by atoms with Gasteiger partial charge in [-0.1, -0.05) is 41.6 Å². The second-order valence-corrected chi connectivity index (χ2v) is 13.0. The van der Waals surface area contributed by atoms with Crippen molar-refractivity contribution in [3.8, 4) is 5.69 Å². The molecule has 0 spiro atoms. The van der Waals surface area contributed by atoms with Gasteiger partial charge in [0.25, 0.3) is 5.56 Å². The molecule has 0 bridgehead atoms. The number of carbonyl (C=O) groups excluding carboxylic acids is 2. The van der Waals surface area contributed by atoms with Crippen LogP contribution in [0.15, 0.2) is 52.4 Å². The number of hydrogen-bond donors (Lipinski definition) is 1. The van der Waals surface area contributed by atoms with Crippen LogP contribution in [0.5, 0.6) is 0 Å². The van der Waals surface area contributed by atoms with Gasteiger partial charge in [-0.05, 0) is 57.0 Å². The van der Waals surface area contributed by atoms with Gasteiger partial charge in [0, 0.05) is 31.1 Å². The number of thioether (sulfide) groups is 1. The first-order valence-electron chi connectivity index (χ1n) is 14.0. The van der Waals surface area contributed by atoms with Crippen LogP contribution in [0.3, 0.4) is 0 Å². The lowest BCUT2D eigenvalue weighted by molar-refractivity contribution is -0.137. The molecule has 0 unspecified atom stereocenters. The maximum atomic E-state index is 13.8. The minimum absolute atomic E-state index is 0.0703. The molecule has 8 nitrogen and oxygen atoms in total. The van der Waals surface area contributed by atoms with Gasteiger partial charge < -0.3 is 10.2 Å². The van der Waals surface area contributed by atoms with E-state index < -0.39 is 17.6 Å². The number of anilines is 1. The van der Waals surface area contributed by atoms with Gasteiger partial charge in [0.1, 0.15) is 4.83 Å². The number of hydrogen-bond acceptors (Lipinski definition) is 7. The summed E-state index contributed by atoms with van der Waals surface area (Å²) in [6.45, 7) is 9.26. The monoisotopic (exact) mass is 643 g/mol. The molecule has 1 saturated heterocycles. The third kappa shape index (κ3) is 6.69. The number of amides is 2. The maximum Gasteiger partial charge on any atom is 0.418 e. The standard InChI is InChI=1S/C31H32F3N5O3S2/c1-18-9-10-24(19(2)15-18)39-29(42)27-20(3)21(4)44-28(27)36-30(39)43-17-26(41)38-13-11-37(12-14-38)16-25(40)35-23-8-6-5-7-22(23)31(32,33)34/h5-10,15H,11-14,16-17H2,1-4H3,(H,35,40). The number of para-hydroxylation sites is 1. The summed E-state index contributed by atoms with van der Waals surface area (Å²) in [6.07, 6.45) is -4.58. The number of carbonyl (C=O) groups is 2. The fourth-order valence-electron chi connectivity index (χ4n) is 5.25. The Morgan fingerprint density at radius 1 is 1.02 bits per heavy atom. The van der Waals surface area contributed by atoms with E-state index in [0.29, 0.717) is 41.6 Å². The molecule has 3 heterocycles. The molecule has 232 valence electrons. The number of benzene rings is 2. The largest absolute Gasteiger partial charge is 0.418 e. The Labute approximate surface area is 260 Å². The first-order valence-corrected chi connectivity index (χ1v) is 15.8. The third-order valence-electron chi connectivity index (χ3n) is 7.69. The topological polar surface area (TPSA) is 87.5 Å². The molecular weight excluding hydrogens is 612 g/mol. The molecule has 0 atom stereocenters. The summed E-state index contributed by atoms with van der Waals surface area (Å²) in [5.74, 6) is -0.610. The number of nitrogens with one attached hydrogen (secondary N) is 1. The average molecular weight is 644 g/mol. The van der Waals surface area contributed by atoms with E-state index in [1.165, 1.54) is 41.3 Å². The first-order chi connectivity index (χ1) is 20.8. The van der Waals surface area contributed by atoms with E-state index in [0.717, 1.165) is 33.3 Å². The number of halogens is 3. The second kappa shape index (κ2) is 12.7. The van der Waals surface area contributed by atoms with Crippen molar-refractivity contribution in [2.45, 2.75) is 39.0 Å². The zero-order valence-electron chi connectivity index (χ0n) is 24.7. The summed E-state index contributed by atoms with van der Waals surface area (Å²) in [6, 6.07) is 10.7. The highest BCUT2D eigenvalue weighted by Gasteiger charge is 2.34. The third-order valence-corrected chi connectivity index (χ3v) is 9.71. The predicted octanol–water partition coefficient (Wildman–Crippen LogP) is 5.57. The summed E-state index contributed by atoms with van der Waals surface area (Å²) in [5.41, 5.74) is 2.28. The highest BCUT2D eigenvalue weighted by atomic mass is 32.2. The van der Waals surface area contributed by atoms with Crippen LogP contribution in [0.2, 0.25) is 0 Å². The molecule has 1 N–H and O–H groups in total. The van der Waals surface area contributed by atoms with Crippen LogP contribution < -0.4 is 10.9 Å². The first kappa shape index (κ1) is 31.7. The molecular formula is C31H32F3N5O3S2. The van der Waals surface area contributed by atoms with Crippen molar-refractivity contribution in [1.29, 1.82) is 0 Å². The van der Waals surface area contributed by atoms with Crippen LogP contribution in [-0.4, -0.2) is 69.6 Å². The Morgan fingerprint density at radius 3 is 2.41 bits per heavy atom. The highest BCUT2D eigenvalue weighted by Crippen LogP contribution is 2.34.